The quantitative estimate of drug-likeness (QED) is 0.547. The summed E-state index contributed by atoms with van der Waals surface area (Å²) in [6, 6.07) is 16.5. The Morgan fingerprint density at radius 2 is 1.80 bits per heavy atom. The van der Waals surface area contributed by atoms with Crippen molar-refractivity contribution in [2.45, 2.75) is 26.3 Å². The van der Waals surface area contributed by atoms with E-state index in [0.29, 0.717) is 29.3 Å². The molecule has 30 heavy (non-hydrogen) atoms. The number of anilines is 1. The number of carbonyl (C=O) groups excluding carboxylic acids is 2. The minimum absolute atomic E-state index is 0.0875. The number of methoxy groups -OCH3 is 1. The Labute approximate surface area is 181 Å². The van der Waals surface area contributed by atoms with Gasteiger partial charge in [-0.25, -0.2) is 4.79 Å². The molecule has 1 heterocycles. The molecule has 1 atom stereocenters. The first-order chi connectivity index (χ1) is 14.4. The maximum absolute atomic E-state index is 12.5. The topological polar surface area (TPSA) is 70.7 Å². The van der Waals surface area contributed by atoms with Gasteiger partial charge in [-0.15, -0.1) is 0 Å². The minimum Gasteiger partial charge on any atom is -0.466 e. The molecule has 2 aromatic carbocycles. The summed E-state index contributed by atoms with van der Waals surface area (Å²) in [6.07, 6.45) is 0.308. The maximum Gasteiger partial charge on any atom is 0.337 e. The number of thiocarbonyl (C=S) groups is 1. The number of ether oxygens (including phenoxy) is 1. The molecule has 0 saturated heterocycles. The highest BCUT2D eigenvalue weighted by molar-refractivity contribution is 7.80. The van der Waals surface area contributed by atoms with Crippen LogP contribution in [0.3, 0.4) is 0 Å². The summed E-state index contributed by atoms with van der Waals surface area (Å²) in [7, 11) is 1.37. The van der Waals surface area contributed by atoms with Gasteiger partial charge >= 0.3 is 5.97 Å². The minimum atomic E-state index is -0.415. The zero-order valence-corrected chi connectivity index (χ0v) is 18.1. The van der Waals surface area contributed by atoms with E-state index in [4.69, 9.17) is 17.0 Å². The fourth-order valence-corrected chi connectivity index (χ4v) is 3.92. The van der Waals surface area contributed by atoms with Crippen molar-refractivity contribution in [3.8, 4) is 0 Å². The Bertz CT molecular complexity index is 971. The monoisotopic (exact) mass is 423 g/mol. The number of nitrogens with one attached hydrogen (secondary N) is 2. The standard InChI is InChI=1S/C23H25N3O3S/c1-4-26-15(2)20(22(28)29-3)21(25-23(26)30)17-10-12-18(13-11-17)24-19(27)14-16-8-6-5-7-9-16/h5-13,21H,4,14H2,1-3H3,(H,24,27)(H,25,30)/t21-/m1/s1. The van der Waals surface area contributed by atoms with Gasteiger partial charge < -0.3 is 20.3 Å². The number of esters is 1. The van der Waals surface area contributed by atoms with Crippen LogP contribution in [0, 0.1) is 0 Å². The first kappa shape index (κ1) is 21.5. The number of rotatable bonds is 6. The molecular formula is C23H25N3O3S. The highest BCUT2D eigenvalue weighted by atomic mass is 32.1. The van der Waals surface area contributed by atoms with Crippen molar-refractivity contribution in [1.29, 1.82) is 0 Å². The Hall–Kier alpha value is -3.19. The van der Waals surface area contributed by atoms with Crippen molar-refractivity contribution < 1.29 is 14.3 Å². The lowest BCUT2D eigenvalue weighted by molar-refractivity contribution is -0.136. The second-order valence-electron chi connectivity index (χ2n) is 6.95. The molecule has 0 fully saturated rings. The van der Waals surface area contributed by atoms with Crippen LogP contribution >= 0.6 is 12.2 Å². The normalized spacial score (nSPS) is 16.2. The van der Waals surface area contributed by atoms with Crippen LogP contribution < -0.4 is 10.6 Å². The molecule has 0 aliphatic carbocycles. The molecule has 0 spiro atoms. The molecule has 1 aliphatic heterocycles. The van der Waals surface area contributed by atoms with Gasteiger partial charge in [0.05, 0.1) is 25.1 Å². The number of nitrogens with zero attached hydrogens (tertiary/aromatic N) is 1. The second kappa shape index (κ2) is 9.54. The van der Waals surface area contributed by atoms with Gasteiger partial charge in [0.25, 0.3) is 0 Å². The summed E-state index contributed by atoms with van der Waals surface area (Å²) in [6.45, 7) is 4.49. The van der Waals surface area contributed by atoms with E-state index in [1.165, 1.54) is 7.11 Å². The Morgan fingerprint density at radius 1 is 1.13 bits per heavy atom. The van der Waals surface area contributed by atoms with Gasteiger partial charge in [-0.3, -0.25) is 4.79 Å². The first-order valence-corrected chi connectivity index (χ1v) is 10.2. The molecule has 0 unspecified atom stereocenters. The van der Waals surface area contributed by atoms with Crippen LogP contribution in [0.5, 0.6) is 0 Å². The van der Waals surface area contributed by atoms with E-state index in [0.717, 1.165) is 16.8 Å². The van der Waals surface area contributed by atoms with Gasteiger partial charge in [-0.2, -0.15) is 0 Å². The average Bonchev–Trinajstić information content (AvgIpc) is 2.74. The largest absolute Gasteiger partial charge is 0.466 e. The fourth-order valence-electron chi connectivity index (χ4n) is 3.53. The molecule has 1 aliphatic rings. The van der Waals surface area contributed by atoms with E-state index in [1.54, 1.807) is 0 Å². The zero-order valence-electron chi connectivity index (χ0n) is 17.3. The van der Waals surface area contributed by atoms with Crippen molar-refractivity contribution in [2.24, 2.45) is 0 Å². The first-order valence-electron chi connectivity index (χ1n) is 9.75. The molecule has 3 rings (SSSR count). The molecule has 0 bridgehead atoms. The van der Waals surface area contributed by atoms with Gasteiger partial charge in [0.2, 0.25) is 5.91 Å². The third kappa shape index (κ3) is 4.68. The van der Waals surface area contributed by atoms with Crippen LogP contribution in [0.4, 0.5) is 5.69 Å². The third-order valence-corrected chi connectivity index (χ3v) is 5.39. The summed E-state index contributed by atoms with van der Waals surface area (Å²) in [4.78, 5) is 26.6. The molecule has 0 radical (unpaired) electrons. The summed E-state index contributed by atoms with van der Waals surface area (Å²) in [5.74, 6) is -0.485. The number of amides is 1. The average molecular weight is 424 g/mol. The predicted octanol–water partition coefficient (Wildman–Crippen LogP) is 3.57. The predicted molar refractivity (Wildman–Crippen MR) is 121 cm³/mol. The Balaban J connectivity index is 1.79. The van der Waals surface area contributed by atoms with Gasteiger partial charge in [0.1, 0.15) is 0 Å². The number of benzene rings is 2. The molecule has 1 amide bonds. The molecule has 2 N–H and O–H groups in total. The molecule has 156 valence electrons. The van der Waals surface area contributed by atoms with Crippen molar-refractivity contribution in [3.05, 3.63) is 77.0 Å². The maximum atomic E-state index is 12.5. The number of allylic oxidation sites excluding steroid dienone is 1. The molecular weight excluding hydrogens is 398 g/mol. The van der Waals surface area contributed by atoms with Crippen LogP contribution in [0.25, 0.3) is 0 Å². The van der Waals surface area contributed by atoms with E-state index in [9.17, 15) is 9.59 Å². The van der Waals surface area contributed by atoms with E-state index in [-0.39, 0.29) is 5.91 Å². The zero-order chi connectivity index (χ0) is 21.7. The van der Waals surface area contributed by atoms with E-state index >= 15 is 0 Å². The van der Waals surface area contributed by atoms with Crippen LogP contribution in [0.2, 0.25) is 0 Å². The van der Waals surface area contributed by atoms with Crippen LogP contribution in [-0.4, -0.2) is 35.5 Å². The molecule has 0 saturated carbocycles. The van der Waals surface area contributed by atoms with Gasteiger partial charge in [0, 0.05) is 17.9 Å². The van der Waals surface area contributed by atoms with Crippen LogP contribution in [0.1, 0.15) is 31.0 Å². The molecule has 7 heteroatoms. The SMILES string of the molecule is CCN1C(=S)N[C@H](c2ccc(NC(=O)Cc3ccccc3)cc2)C(C(=O)OC)=C1C. The van der Waals surface area contributed by atoms with E-state index in [1.807, 2.05) is 73.3 Å². The molecule has 0 aromatic heterocycles. The summed E-state index contributed by atoms with van der Waals surface area (Å²) < 4.78 is 5.01. The number of carbonyl (C=O) groups is 2. The van der Waals surface area contributed by atoms with Crippen molar-refractivity contribution in [2.75, 3.05) is 19.0 Å². The highest BCUT2D eigenvalue weighted by Gasteiger charge is 2.33. The number of hydrogen-bond donors (Lipinski definition) is 2. The fraction of sp³-hybridized carbons (Fsp3) is 0.261. The van der Waals surface area contributed by atoms with Crippen molar-refractivity contribution >= 4 is 34.9 Å². The number of hydrogen-bond acceptors (Lipinski definition) is 4. The van der Waals surface area contributed by atoms with Gasteiger partial charge in [-0.1, -0.05) is 42.5 Å². The Kier molecular flexibility index (Phi) is 6.84. The third-order valence-electron chi connectivity index (χ3n) is 5.05. The van der Waals surface area contributed by atoms with Crippen LogP contribution in [0.15, 0.2) is 65.9 Å². The smallest absolute Gasteiger partial charge is 0.337 e. The summed E-state index contributed by atoms with van der Waals surface area (Å²) in [5.41, 5.74) is 3.80. The Morgan fingerprint density at radius 3 is 2.40 bits per heavy atom. The molecule has 2 aromatic rings. The molecule has 6 nitrogen and oxygen atoms in total. The van der Waals surface area contributed by atoms with E-state index < -0.39 is 12.0 Å². The lowest BCUT2D eigenvalue weighted by Gasteiger charge is -2.36. The summed E-state index contributed by atoms with van der Waals surface area (Å²) in [5, 5.41) is 6.70. The van der Waals surface area contributed by atoms with Gasteiger partial charge in [-0.05, 0) is 49.3 Å². The second-order valence-corrected chi connectivity index (χ2v) is 7.34. The van der Waals surface area contributed by atoms with Crippen molar-refractivity contribution in [1.82, 2.24) is 10.2 Å². The summed E-state index contributed by atoms with van der Waals surface area (Å²) >= 11 is 5.47. The van der Waals surface area contributed by atoms with E-state index in [2.05, 4.69) is 10.6 Å². The van der Waals surface area contributed by atoms with Crippen LogP contribution in [-0.2, 0) is 20.7 Å². The highest BCUT2D eigenvalue weighted by Crippen LogP contribution is 2.31. The van der Waals surface area contributed by atoms with Gasteiger partial charge in [0.15, 0.2) is 5.11 Å². The lowest BCUT2D eigenvalue weighted by Crippen LogP contribution is -2.47. The lowest BCUT2D eigenvalue weighted by atomic mass is 9.95. The van der Waals surface area contributed by atoms with Crippen molar-refractivity contribution in [3.63, 3.8) is 0 Å².